The molecule has 0 atom stereocenters. The number of fused-ring (bicyclic) bond motifs is 1. The summed E-state index contributed by atoms with van der Waals surface area (Å²) in [5.74, 6) is 1.42. The summed E-state index contributed by atoms with van der Waals surface area (Å²) in [5.41, 5.74) is 1.54. The van der Waals surface area contributed by atoms with E-state index in [4.69, 9.17) is 4.74 Å². The van der Waals surface area contributed by atoms with Gasteiger partial charge in [0, 0.05) is 32.7 Å². The largest absolute Gasteiger partial charge is 0.379 e. The third kappa shape index (κ3) is 3.63. The van der Waals surface area contributed by atoms with Crippen LogP contribution >= 0.6 is 0 Å². The lowest BCUT2D eigenvalue weighted by molar-refractivity contribution is 0.0398. The fourth-order valence-corrected chi connectivity index (χ4v) is 2.43. The Balaban J connectivity index is 1.62. The molecule has 1 fully saturated rings. The smallest absolute Gasteiger partial charge is 0.226 e. The van der Waals surface area contributed by atoms with Crippen molar-refractivity contribution in [1.82, 2.24) is 24.8 Å². The highest BCUT2D eigenvalue weighted by Gasteiger charge is 2.11. The molecule has 8 nitrogen and oxygen atoms in total. The second kappa shape index (κ2) is 7.37. The van der Waals surface area contributed by atoms with Gasteiger partial charge in [-0.05, 0) is 6.42 Å². The highest BCUT2D eigenvalue weighted by Crippen LogP contribution is 2.18. The molecule has 0 amide bonds. The predicted molar refractivity (Wildman–Crippen MR) is 86.2 cm³/mol. The topological polar surface area (TPSA) is 91.0 Å². The number of hydrogen-bond donors (Lipinski definition) is 3. The lowest BCUT2D eigenvalue weighted by atomic mass is 10.4. The van der Waals surface area contributed by atoms with E-state index in [9.17, 15) is 0 Å². The van der Waals surface area contributed by atoms with Crippen molar-refractivity contribution in [3.63, 3.8) is 0 Å². The monoisotopic (exact) mass is 305 g/mol. The number of anilines is 2. The SMILES string of the molecule is CCCNc1nc(NCCN2CCOCC2)nc2nc[nH]c12. The molecule has 120 valence electrons. The Labute approximate surface area is 129 Å². The number of aromatic nitrogens is 4. The van der Waals surface area contributed by atoms with E-state index in [-0.39, 0.29) is 0 Å². The number of morpholine rings is 1. The first-order chi connectivity index (χ1) is 10.9. The molecule has 8 heteroatoms. The number of nitrogens with zero attached hydrogens (tertiary/aromatic N) is 4. The summed E-state index contributed by atoms with van der Waals surface area (Å²) in [7, 11) is 0. The molecular weight excluding hydrogens is 282 g/mol. The average Bonchev–Trinajstić information content (AvgIpc) is 3.02. The van der Waals surface area contributed by atoms with Crippen molar-refractivity contribution in [3.8, 4) is 0 Å². The Morgan fingerprint density at radius 3 is 2.91 bits per heavy atom. The summed E-state index contributed by atoms with van der Waals surface area (Å²) in [6.45, 7) is 8.39. The van der Waals surface area contributed by atoms with Gasteiger partial charge in [0.15, 0.2) is 11.5 Å². The minimum atomic E-state index is 0.617. The van der Waals surface area contributed by atoms with Crippen molar-refractivity contribution in [2.45, 2.75) is 13.3 Å². The lowest BCUT2D eigenvalue weighted by Gasteiger charge is -2.26. The number of nitrogens with one attached hydrogen (secondary N) is 3. The molecule has 22 heavy (non-hydrogen) atoms. The highest BCUT2D eigenvalue weighted by molar-refractivity contribution is 5.83. The zero-order chi connectivity index (χ0) is 15.2. The molecular formula is C14H23N7O. The van der Waals surface area contributed by atoms with E-state index in [1.54, 1.807) is 6.33 Å². The van der Waals surface area contributed by atoms with Gasteiger partial charge in [-0.1, -0.05) is 6.92 Å². The zero-order valence-electron chi connectivity index (χ0n) is 12.9. The molecule has 2 aromatic heterocycles. The summed E-state index contributed by atoms with van der Waals surface area (Å²) in [6, 6.07) is 0. The summed E-state index contributed by atoms with van der Waals surface area (Å²) < 4.78 is 5.35. The van der Waals surface area contributed by atoms with Gasteiger partial charge in [-0.3, -0.25) is 4.90 Å². The number of hydrogen-bond acceptors (Lipinski definition) is 7. The molecule has 1 aliphatic heterocycles. The summed E-state index contributed by atoms with van der Waals surface area (Å²) >= 11 is 0. The van der Waals surface area contributed by atoms with Gasteiger partial charge in [0.05, 0.1) is 19.5 Å². The molecule has 0 saturated carbocycles. The van der Waals surface area contributed by atoms with Crippen LogP contribution in [0, 0.1) is 0 Å². The van der Waals surface area contributed by atoms with Crippen LogP contribution in [0.3, 0.4) is 0 Å². The van der Waals surface area contributed by atoms with Gasteiger partial charge >= 0.3 is 0 Å². The summed E-state index contributed by atoms with van der Waals surface area (Å²) in [4.78, 5) is 18.7. The summed E-state index contributed by atoms with van der Waals surface area (Å²) in [6.07, 6.45) is 2.69. The van der Waals surface area contributed by atoms with Crippen molar-refractivity contribution in [2.75, 3.05) is 56.6 Å². The van der Waals surface area contributed by atoms with Crippen LogP contribution in [0.1, 0.15) is 13.3 Å². The zero-order valence-corrected chi connectivity index (χ0v) is 12.9. The Hall–Kier alpha value is -1.93. The minimum absolute atomic E-state index is 0.617. The Bertz CT molecular complexity index is 594. The number of aromatic amines is 1. The first kappa shape index (κ1) is 15.0. The van der Waals surface area contributed by atoms with Gasteiger partial charge in [0.1, 0.15) is 5.52 Å². The van der Waals surface area contributed by atoms with Crippen molar-refractivity contribution >= 4 is 22.9 Å². The van der Waals surface area contributed by atoms with Crippen LogP contribution in [0.2, 0.25) is 0 Å². The van der Waals surface area contributed by atoms with E-state index in [1.807, 2.05) is 0 Å². The second-order valence-electron chi connectivity index (χ2n) is 5.30. The fraction of sp³-hybridized carbons (Fsp3) is 0.643. The average molecular weight is 305 g/mol. The minimum Gasteiger partial charge on any atom is -0.379 e. The van der Waals surface area contributed by atoms with Crippen molar-refractivity contribution in [2.24, 2.45) is 0 Å². The van der Waals surface area contributed by atoms with Crippen LogP contribution in [-0.2, 0) is 4.74 Å². The first-order valence-electron chi connectivity index (χ1n) is 7.86. The normalized spacial score (nSPS) is 16.0. The number of H-pyrrole nitrogens is 1. The van der Waals surface area contributed by atoms with E-state index < -0.39 is 0 Å². The highest BCUT2D eigenvalue weighted by atomic mass is 16.5. The molecule has 0 spiro atoms. The number of imidazole rings is 1. The molecule has 0 unspecified atom stereocenters. The molecule has 0 aliphatic carbocycles. The molecule has 0 bridgehead atoms. The Morgan fingerprint density at radius 1 is 1.23 bits per heavy atom. The van der Waals surface area contributed by atoms with Crippen molar-refractivity contribution in [3.05, 3.63) is 6.33 Å². The van der Waals surface area contributed by atoms with Gasteiger partial charge in [-0.2, -0.15) is 9.97 Å². The maximum absolute atomic E-state index is 5.35. The van der Waals surface area contributed by atoms with Crippen LogP contribution in [-0.4, -0.2) is 70.8 Å². The fourth-order valence-electron chi connectivity index (χ4n) is 2.43. The first-order valence-corrected chi connectivity index (χ1v) is 7.86. The van der Waals surface area contributed by atoms with Crippen LogP contribution < -0.4 is 10.6 Å². The number of rotatable bonds is 7. The molecule has 3 rings (SSSR count). The third-order valence-electron chi connectivity index (χ3n) is 3.64. The molecule has 3 heterocycles. The standard InChI is InChI=1S/C14H23N7O/c1-2-3-15-12-11-13(18-10-17-11)20-14(19-12)16-4-5-21-6-8-22-9-7-21/h10H,2-9H2,1H3,(H3,15,16,17,18,19,20). The van der Waals surface area contributed by atoms with Gasteiger partial charge in [-0.25, -0.2) is 4.98 Å². The molecule has 1 aliphatic rings. The van der Waals surface area contributed by atoms with E-state index in [1.165, 1.54) is 0 Å². The Kier molecular flexibility index (Phi) is 5.02. The van der Waals surface area contributed by atoms with E-state index >= 15 is 0 Å². The maximum Gasteiger partial charge on any atom is 0.226 e. The van der Waals surface area contributed by atoms with Crippen LogP contribution in [0.15, 0.2) is 6.33 Å². The Morgan fingerprint density at radius 2 is 2.09 bits per heavy atom. The molecule has 3 N–H and O–H groups in total. The van der Waals surface area contributed by atoms with E-state index in [0.29, 0.717) is 11.6 Å². The van der Waals surface area contributed by atoms with E-state index in [2.05, 4.69) is 42.4 Å². The lowest BCUT2D eigenvalue weighted by Crippen LogP contribution is -2.39. The number of ether oxygens (including phenoxy) is 1. The second-order valence-corrected chi connectivity index (χ2v) is 5.30. The van der Waals surface area contributed by atoms with Crippen LogP contribution in [0.25, 0.3) is 11.2 Å². The van der Waals surface area contributed by atoms with Crippen molar-refractivity contribution in [1.29, 1.82) is 0 Å². The molecule has 1 saturated heterocycles. The van der Waals surface area contributed by atoms with Gasteiger partial charge in [0.25, 0.3) is 0 Å². The quantitative estimate of drug-likeness (QED) is 0.700. The predicted octanol–water partition coefficient (Wildman–Crippen LogP) is 0.919. The maximum atomic E-state index is 5.35. The van der Waals surface area contributed by atoms with Crippen LogP contribution in [0.5, 0.6) is 0 Å². The third-order valence-corrected chi connectivity index (χ3v) is 3.64. The summed E-state index contributed by atoms with van der Waals surface area (Å²) in [5, 5.41) is 6.61. The molecule has 0 aromatic carbocycles. The van der Waals surface area contributed by atoms with Gasteiger partial charge in [-0.15, -0.1) is 0 Å². The van der Waals surface area contributed by atoms with Crippen LogP contribution in [0.4, 0.5) is 11.8 Å². The van der Waals surface area contributed by atoms with Gasteiger partial charge in [0.2, 0.25) is 5.95 Å². The van der Waals surface area contributed by atoms with Gasteiger partial charge < -0.3 is 20.4 Å². The van der Waals surface area contributed by atoms with E-state index in [0.717, 1.165) is 63.7 Å². The molecule has 0 radical (unpaired) electrons. The van der Waals surface area contributed by atoms with Crippen molar-refractivity contribution < 1.29 is 4.74 Å². The molecule has 2 aromatic rings.